The largest absolute Gasteiger partial charge is 0.409 e. The first kappa shape index (κ1) is 12.0. The van der Waals surface area contributed by atoms with Crippen LogP contribution >= 0.6 is 27.3 Å². The van der Waals surface area contributed by atoms with E-state index in [9.17, 15) is 4.79 Å². The van der Waals surface area contributed by atoms with Crippen LogP contribution in [0.1, 0.15) is 9.67 Å². The normalized spacial score (nSPS) is 11.5. The topological polar surface area (TPSA) is 78.9 Å². The van der Waals surface area contributed by atoms with Crippen LogP contribution in [0.3, 0.4) is 0 Å². The third kappa shape index (κ3) is 2.93. The third-order valence-electron chi connectivity index (χ3n) is 1.69. The van der Waals surface area contributed by atoms with Gasteiger partial charge in [-0.15, -0.1) is 11.3 Å². The van der Waals surface area contributed by atoms with Gasteiger partial charge in [0, 0.05) is 11.5 Å². The Kier molecular flexibility index (Phi) is 4.10. The molecule has 0 spiro atoms. The van der Waals surface area contributed by atoms with E-state index in [1.807, 2.05) is 5.38 Å². The molecule has 0 saturated carbocycles. The summed E-state index contributed by atoms with van der Waals surface area (Å²) in [6.45, 7) is 0.0969. The first-order valence-electron chi connectivity index (χ1n) is 4.01. The van der Waals surface area contributed by atoms with Crippen molar-refractivity contribution >= 4 is 39.0 Å². The van der Waals surface area contributed by atoms with Gasteiger partial charge in [-0.25, -0.2) is 0 Å². The average Bonchev–Trinajstić information content (AvgIpc) is 2.63. The van der Waals surface area contributed by atoms with E-state index in [1.165, 1.54) is 16.2 Å². The minimum atomic E-state index is -0.163. The summed E-state index contributed by atoms with van der Waals surface area (Å²) in [5.41, 5.74) is 5.30. The van der Waals surface area contributed by atoms with Crippen LogP contribution in [-0.4, -0.2) is 35.4 Å². The molecule has 15 heavy (non-hydrogen) atoms. The molecule has 1 rings (SSSR count). The minimum absolute atomic E-state index is 0.00136. The lowest BCUT2D eigenvalue weighted by atomic mass is 10.4. The van der Waals surface area contributed by atoms with Crippen LogP contribution in [0, 0.1) is 0 Å². The lowest BCUT2D eigenvalue weighted by Crippen LogP contribution is -2.35. The lowest BCUT2D eigenvalue weighted by molar-refractivity contribution is 0.0817. The number of oxime groups is 1. The highest BCUT2D eigenvalue weighted by molar-refractivity contribution is 9.10. The fourth-order valence-corrected chi connectivity index (χ4v) is 2.50. The second kappa shape index (κ2) is 5.13. The van der Waals surface area contributed by atoms with Crippen molar-refractivity contribution in [3.05, 3.63) is 20.8 Å². The van der Waals surface area contributed by atoms with E-state index in [0.717, 1.165) is 4.47 Å². The van der Waals surface area contributed by atoms with Crippen molar-refractivity contribution in [2.45, 2.75) is 0 Å². The Morgan fingerprint density at radius 3 is 2.93 bits per heavy atom. The molecule has 0 atom stereocenters. The molecule has 7 heteroatoms. The highest BCUT2D eigenvalue weighted by atomic mass is 79.9. The monoisotopic (exact) mass is 291 g/mol. The third-order valence-corrected chi connectivity index (χ3v) is 3.51. The first-order valence-corrected chi connectivity index (χ1v) is 5.68. The van der Waals surface area contributed by atoms with Gasteiger partial charge >= 0.3 is 0 Å². The number of hydrogen-bond acceptors (Lipinski definition) is 4. The molecule has 0 fully saturated rings. The maximum Gasteiger partial charge on any atom is 0.265 e. The number of hydrogen-bond donors (Lipinski definition) is 2. The standard InChI is InChI=1S/C8H10BrN3O2S/c1-12(4-6(10)11-14)8(13)7-5(9)2-3-15-7/h2-3,14H,4H2,1H3,(H2,10,11). The van der Waals surface area contributed by atoms with Crippen LogP contribution in [0.4, 0.5) is 0 Å². The SMILES string of the molecule is CN(CC(N)=NO)C(=O)c1sccc1Br. The van der Waals surface area contributed by atoms with E-state index in [2.05, 4.69) is 21.1 Å². The Morgan fingerprint density at radius 2 is 2.47 bits per heavy atom. The molecule has 1 aromatic rings. The van der Waals surface area contributed by atoms with Crippen LogP contribution in [0.15, 0.2) is 21.1 Å². The van der Waals surface area contributed by atoms with Gasteiger partial charge in [0.2, 0.25) is 0 Å². The van der Waals surface area contributed by atoms with Crippen LogP contribution in [0.2, 0.25) is 0 Å². The Bertz CT molecular complexity index is 391. The van der Waals surface area contributed by atoms with Gasteiger partial charge in [-0.3, -0.25) is 4.79 Å². The molecule has 1 heterocycles. The van der Waals surface area contributed by atoms with E-state index in [4.69, 9.17) is 10.9 Å². The van der Waals surface area contributed by atoms with Gasteiger partial charge in [-0.05, 0) is 27.4 Å². The van der Waals surface area contributed by atoms with Crippen molar-refractivity contribution in [1.29, 1.82) is 0 Å². The Hall–Kier alpha value is -1.08. The quantitative estimate of drug-likeness (QED) is 0.382. The van der Waals surface area contributed by atoms with Crippen LogP contribution in [0.25, 0.3) is 0 Å². The van der Waals surface area contributed by atoms with Crippen LogP contribution in [-0.2, 0) is 0 Å². The Morgan fingerprint density at radius 1 is 1.80 bits per heavy atom. The number of halogens is 1. The summed E-state index contributed by atoms with van der Waals surface area (Å²) in [5.74, 6) is -0.165. The molecular weight excluding hydrogens is 282 g/mol. The number of carbonyl (C=O) groups is 1. The molecule has 0 unspecified atom stereocenters. The number of amidine groups is 1. The van der Waals surface area contributed by atoms with E-state index >= 15 is 0 Å². The van der Waals surface area contributed by atoms with E-state index in [-0.39, 0.29) is 18.3 Å². The molecule has 0 bridgehead atoms. The molecule has 0 saturated heterocycles. The Balaban J connectivity index is 2.74. The molecule has 82 valence electrons. The zero-order chi connectivity index (χ0) is 11.4. The summed E-state index contributed by atoms with van der Waals surface area (Å²) in [4.78, 5) is 13.8. The summed E-state index contributed by atoms with van der Waals surface area (Å²) in [5, 5.41) is 13.0. The summed E-state index contributed by atoms with van der Waals surface area (Å²) in [7, 11) is 1.59. The number of likely N-dealkylation sites (N-methyl/N-ethyl adjacent to an activating group) is 1. The van der Waals surface area contributed by atoms with E-state index in [1.54, 1.807) is 13.1 Å². The molecule has 0 aromatic carbocycles. The fourth-order valence-electron chi connectivity index (χ4n) is 0.966. The molecule has 0 radical (unpaired) electrons. The fraction of sp³-hybridized carbons (Fsp3) is 0.250. The number of rotatable bonds is 3. The molecule has 5 nitrogen and oxygen atoms in total. The van der Waals surface area contributed by atoms with Crippen molar-refractivity contribution in [2.24, 2.45) is 10.9 Å². The number of nitrogens with two attached hydrogens (primary N) is 1. The first-order chi connectivity index (χ1) is 7.06. The van der Waals surface area contributed by atoms with Crippen molar-refractivity contribution in [2.75, 3.05) is 13.6 Å². The number of amides is 1. The zero-order valence-corrected chi connectivity index (χ0v) is 10.4. The molecular formula is C8H10BrN3O2S. The molecule has 1 amide bonds. The smallest absolute Gasteiger partial charge is 0.265 e. The predicted molar refractivity (Wildman–Crippen MR) is 62.4 cm³/mol. The molecule has 0 aliphatic carbocycles. The second-order valence-electron chi connectivity index (χ2n) is 2.85. The van der Waals surface area contributed by atoms with Gasteiger partial charge in [0.15, 0.2) is 5.84 Å². The summed E-state index contributed by atoms with van der Waals surface area (Å²) < 4.78 is 0.754. The van der Waals surface area contributed by atoms with Gasteiger partial charge < -0.3 is 15.8 Å². The summed E-state index contributed by atoms with van der Waals surface area (Å²) in [6.07, 6.45) is 0. The summed E-state index contributed by atoms with van der Waals surface area (Å²) in [6, 6.07) is 1.80. The van der Waals surface area contributed by atoms with Crippen molar-refractivity contribution in [3.8, 4) is 0 Å². The van der Waals surface area contributed by atoms with Crippen molar-refractivity contribution < 1.29 is 10.0 Å². The van der Waals surface area contributed by atoms with Crippen LogP contribution in [0.5, 0.6) is 0 Å². The average molecular weight is 292 g/mol. The number of carbonyl (C=O) groups excluding carboxylic acids is 1. The molecule has 1 aromatic heterocycles. The van der Waals surface area contributed by atoms with Crippen molar-refractivity contribution in [1.82, 2.24) is 4.90 Å². The van der Waals surface area contributed by atoms with E-state index < -0.39 is 0 Å². The number of nitrogens with zero attached hydrogens (tertiary/aromatic N) is 2. The van der Waals surface area contributed by atoms with E-state index in [0.29, 0.717) is 4.88 Å². The van der Waals surface area contributed by atoms with Gasteiger partial charge in [0.25, 0.3) is 5.91 Å². The van der Waals surface area contributed by atoms with Gasteiger partial charge in [-0.1, -0.05) is 5.16 Å². The maximum atomic E-state index is 11.8. The van der Waals surface area contributed by atoms with Gasteiger partial charge in [0.05, 0.1) is 6.54 Å². The lowest BCUT2D eigenvalue weighted by Gasteiger charge is -2.15. The van der Waals surface area contributed by atoms with Gasteiger partial charge in [-0.2, -0.15) is 0 Å². The Labute approximate surface area is 99.3 Å². The molecule has 3 N–H and O–H groups in total. The van der Waals surface area contributed by atoms with Gasteiger partial charge in [0.1, 0.15) is 4.88 Å². The number of thiophene rings is 1. The summed E-state index contributed by atoms with van der Waals surface area (Å²) >= 11 is 4.61. The van der Waals surface area contributed by atoms with Crippen molar-refractivity contribution in [3.63, 3.8) is 0 Å². The zero-order valence-electron chi connectivity index (χ0n) is 7.98. The predicted octanol–water partition coefficient (Wildman–Crippen LogP) is 1.33. The maximum absolute atomic E-state index is 11.8. The second-order valence-corrected chi connectivity index (χ2v) is 4.62. The molecule has 0 aliphatic heterocycles. The highest BCUT2D eigenvalue weighted by Gasteiger charge is 2.16. The molecule has 0 aliphatic rings. The minimum Gasteiger partial charge on any atom is -0.409 e. The highest BCUT2D eigenvalue weighted by Crippen LogP contribution is 2.23. The van der Waals surface area contributed by atoms with Crippen LogP contribution < -0.4 is 5.73 Å².